The van der Waals surface area contributed by atoms with E-state index in [-0.39, 0.29) is 5.56 Å². The van der Waals surface area contributed by atoms with Gasteiger partial charge in [-0.2, -0.15) is 5.26 Å². The monoisotopic (exact) mass is 433 g/mol. The summed E-state index contributed by atoms with van der Waals surface area (Å²) in [5.41, 5.74) is 2.19. The minimum absolute atomic E-state index is 0.151. The fourth-order valence-electron chi connectivity index (χ4n) is 3.87. The van der Waals surface area contributed by atoms with Crippen molar-refractivity contribution in [3.05, 3.63) is 56.4 Å². The van der Waals surface area contributed by atoms with Crippen molar-refractivity contribution in [2.75, 3.05) is 6.61 Å². The van der Waals surface area contributed by atoms with E-state index in [0.717, 1.165) is 47.4 Å². The molecule has 0 fully saturated rings. The van der Waals surface area contributed by atoms with Gasteiger partial charge in [-0.15, -0.1) is 11.3 Å². The molecule has 0 radical (unpaired) electrons. The minimum Gasteiger partial charge on any atom is -0.494 e. The highest BCUT2D eigenvalue weighted by atomic mass is 32.1. The third-order valence-corrected chi connectivity index (χ3v) is 6.84. The number of allylic oxidation sites excluding steroid dienone is 1. The molecule has 4 rings (SSSR count). The lowest BCUT2D eigenvalue weighted by atomic mass is 9.89. The molecule has 1 aliphatic rings. The van der Waals surface area contributed by atoms with E-state index in [9.17, 15) is 10.1 Å². The van der Waals surface area contributed by atoms with Crippen molar-refractivity contribution in [1.29, 1.82) is 5.26 Å². The SMILES string of the molecule is CC(C)CCOc1ccc(/C=C(\C#N)c2nc3sc4c(c3c(=O)[nH]2)CC[C@@H](C)C4)cc1. The summed E-state index contributed by atoms with van der Waals surface area (Å²) in [6, 6.07) is 9.80. The van der Waals surface area contributed by atoms with Crippen LogP contribution in [0.2, 0.25) is 0 Å². The first-order chi connectivity index (χ1) is 14.9. The number of hydrogen-bond acceptors (Lipinski definition) is 5. The molecule has 0 aliphatic heterocycles. The molecule has 1 atom stereocenters. The summed E-state index contributed by atoms with van der Waals surface area (Å²) in [6.07, 6.45) is 5.77. The lowest BCUT2D eigenvalue weighted by Crippen LogP contribution is -2.14. The van der Waals surface area contributed by atoms with Crippen LogP contribution in [0.25, 0.3) is 21.9 Å². The zero-order chi connectivity index (χ0) is 22.0. The van der Waals surface area contributed by atoms with Crippen molar-refractivity contribution in [2.45, 2.75) is 46.5 Å². The molecule has 0 unspecified atom stereocenters. The van der Waals surface area contributed by atoms with Gasteiger partial charge >= 0.3 is 0 Å². The summed E-state index contributed by atoms with van der Waals surface area (Å²) in [5.74, 6) is 2.36. The quantitative estimate of drug-likeness (QED) is 0.513. The number of benzene rings is 1. The summed E-state index contributed by atoms with van der Waals surface area (Å²) in [4.78, 5) is 22.3. The second-order valence-corrected chi connectivity index (χ2v) is 9.80. The van der Waals surface area contributed by atoms with Crippen molar-refractivity contribution in [1.82, 2.24) is 9.97 Å². The molecule has 5 nitrogen and oxygen atoms in total. The van der Waals surface area contributed by atoms with Crippen LogP contribution in [-0.4, -0.2) is 16.6 Å². The first kappa shape index (κ1) is 21.3. The van der Waals surface area contributed by atoms with Gasteiger partial charge in [0.25, 0.3) is 5.56 Å². The van der Waals surface area contributed by atoms with Crippen molar-refractivity contribution in [2.24, 2.45) is 11.8 Å². The number of rotatable bonds is 6. The van der Waals surface area contributed by atoms with Gasteiger partial charge in [0.1, 0.15) is 16.6 Å². The van der Waals surface area contributed by atoms with E-state index in [1.54, 1.807) is 17.4 Å². The van der Waals surface area contributed by atoms with E-state index >= 15 is 0 Å². The van der Waals surface area contributed by atoms with E-state index in [0.29, 0.717) is 35.2 Å². The normalized spacial score (nSPS) is 16.4. The highest BCUT2D eigenvalue weighted by molar-refractivity contribution is 7.18. The molecule has 31 heavy (non-hydrogen) atoms. The van der Waals surface area contributed by atoms with Gasteiger partial charge in [-0.3, -0.25) is 4.79 Å². The van der Waals surface area contributed by atoms with Crippen molar-refractivity contribution in [3.8, 4) is 11.8 Å². The number of thiophene rings is 1. The summed E-state index contributed by atoms with van der Waals surface area (Å²) in [6.45, 7) is 7.27. The summed E-state index contributed by atoms with van der Waals surface area (Å²) in [5, 5.41) is 10.4. The average molecular weight is 434 g/mol. The number of aryl methyl sites for hydroxylation is 1. The molecule has 2 aromatic heterocycles. The van der Waals surface area contributed by atoms with Crippen molar-refractivity contribution >= 4 is 33.2 Å². The molecule has 0 spiro atoms. The number of hydrogen-bond donors (Lipinski definition) is 1. The van der Waals surface area contributed by atoms with Crippen LogP contribution in [0.4, 0.5) is 0 Å². The van der Waals surface area contributed by atoms with E-state index < -0.39 is 0 Å². The van der Waals surface area contributed by atoms with Crippen LogP contribution in [0.5, 0.6) is 5.75 Å². The Kier molecular flexibility index (Phi) is 6.24. The topological polar surface area (TPSA) is 78.8 Å². The van der Waals surface area contributed by atoms with Gasteiger partial charge < -0.3 is 9.72 Å². The van der Waals surface area contributed by atoms with E-state index in [4.69, 9.17) is 4.74 Å². The second-order valence-electron chi connectivity index (χ2n) is 8.72. The predicted octanol–water partition coefficient (Wildman–Crippen LogP) is 5.60. The average Bonchev–Trinajstić information content (AvgIpc) is 3.10. The van der Waals surface area contributed by atoms with Crippen LogP contribution < -0.4 is 10.3 Å². The van der Waals surface area contributed by atoms with Gasteiger partial charge in [-0.1, -0.05) is 32.9 Å². The molecule has 0 bridgehead atoms. The molecular weight excluding hydrogens is 406 g/mol. The molecule has 1 N–H and O–H groups in total. The highest BCUT2D eigenvalue weighted by Crippen LogP contribution is 2.36. The van der Waals surface area contributed by atoms with Crippen molar-refractivity contribution in [3.63, 3.8) is 0 Å². The summed E-state index contributed by atoms with van der Waals surface area (Å²) >= 11 is 1.59. The van der Waals surface area contributed by atoms with Gasteiger partial charge in [-0.05, 0) is 66.9 Å². The Morgan fingerprint density at radius 1 is 1.39 bits per heavy atom. The van der Waals surface area contributed by atoms with Crippen LogP contribution in [-0.2, 0) is 12.8 Å². The molecule has 2 heterocycles. The largest absolute Gasteiger partial charge is 0.494 e. The zero-order valence-corrected chi connectivity index (χ0v) is 19.0. The molecule has 0 saturated carbocycles. The standard InChI is InChI=1S/C25H27N3O2S/c1-15(2)10-11-30-19-7-5-17(6-8-19)13-18(14-26)23-27-24(29)22-20-9-4-16(3)12-21(20)31-25(22)28-23/h5-8,13,15-16H,4,9-12H2,1-3H3,(H,27,28,29)/b18-13+/t16-/m1/s1. The van der Waals surface area contributed by atoms with Crippen molar-refractivity contribution < 1.29 is 4.74 Å². The Bertz CT molecular complexity index is 1210. The molecule has 160 valence electrons. The molecular formula is C25H27N3O2S. The summed E-state index contributed by atoms with van der Waals surface area (Å²) in [7, 11) is 0. The Morgan fingerprint density at radius 3 is 2.87 bits per heavy atom. The maximum Gasteiger partial charge on any atom is 0.260 e. The van der Waals surface area contributed by atoms with Gasteiger partial charge in [-0.25, -0.2) is 4.98 Å². The second kappa shape index (κ2) is 9.07. The molecule has 6 heteroatoms. The van der Waals surface area contributed by atoms with Crippen LogP contribution in [0, 0.1) is 23.2 Å². The number of nitrogens with one attached hydrogen (secondary N) is 1. The molecule has 3 aromatic rings. The number of fused-ring (bicyclic) bond motifs is 3. The smallest absolute Gasteiger partial charge is 0.260 e. The zero-order valence-electron chi connectivity index (χ0n) is 18.2. The van der Waals surface area contributed by atoms with Crippen LogP contribution in [0.1, 0.15) is 55.4 Å². The maximum atomic E-state index is 12.8. The van der Waals surface area contributed by atoms with Gasteiger partial charge in [0, 0.05) is 4.88 Å². The first-order valence-corrected chi connectivity index (χ1v) is 11.7. The van der Waals surface area contributed by atoms with E-state index in [1.165, 1.54) is 4.88 Å². The third kappa shape index (κ3) is 4.72. The Hall–Kier alpha value is -2.91. The summed E-state index contributed by atoms with van der Waals surface area (Å²) < 4.78 is 5.75. The number of H-pyrrole nitrogens is 1. The third-order valence-electron chi connectivity index (χ3n) is 5.70. The molecule has 0 amide bonds. The lowest BCUT2D eigenvalue weighted by Gasteiger charge is -2.17. The fraction of sp³-hybridized carbons (Fsp3) is 0.400. The van der Waals surface area contributed by atoms with E-state index in [1.807, 2.05) is 24.3 Å². The number of aromatic nitrogens is 2. The lowest BCUT2D eigenvalue weighted by molar-refractivity contribution is 0.289. The molecule has 1 aliphatic carbocycles. The highest BCUT2D eigenvalue weighted by Gasteiger charge is 2.23. The predicted molar refractivity (Wildman–Crippen MR) is 126 cm³/mol. The van der Waals surface area contributed by atoms with Crippen LogP contribution in [0.15, 0.2) is 29.1 Å². The van der Waals surface area contributed by atoms with Crippen LogP contribution in [0.3, 0.4) is 0 Å². The minimum atomic E-state index is -0.151. The number of nitrogens with zero attached hydrogens (tertiary/aromatic N) is 2. The Balaban J connectivity index is 1.61. The van der Waals surface area contributed by atoms with Crippen LogP contribution >= 0.6 is 11.3 Å². The Labute approximate surface area is 186 Å². The number of nitriles is 1. The van der Waals surface area contributed by atoms with Gasteiger partial charge in [0.2, 0.25) is 0 Å². The first-order valence-electron chi connectivity index (χ1n) is 10.8. The Morgan fingerprint density at radius 2 is 2.16 bits per heavy atom. The number of ether oxygens (including phenoxy) is 1. The number of aromatic amines is 1. The fourth-order valence-corrected chi connectivity index (χ4v) is 5.25. The van der Waals surface area contributed by atoms with E-state index in [2.05, 4.69) is 36.8 Å². The van der Waals surface area contributed by atoms with Gasteiger partial charge in [0.05, 0.1) is 17.6 Å². The molecule has 0 saturated heterocycles. The maximum absolute atomic E-state index is 12.8. The van der Waals surface area contributed by atoms with Gasteiger partial charge in [0.15, 0.2) is 5.82 Å². The molecule has 1 aromatic carbocycles.